The maximum Gasteiger partial charge on any atom is 0.310 e. The Morgan fingerprint density at radius 2 is 1.60 bits per heavy atom. The van der Waals surface area contributed by atoms with Crippen molar-refractivity contribution in [2.45, 2.75) is 58.0 Å². The molecular formula is C21H25FO3. The third-order valence-corrected chi connectivity index (χ3v) is 6.50. The highest BCUT2D eigenvalue weighted by Gasteiger charge is 2.55. The number of Topliss-reactive ketones (excluding diaryl/α,β-unsaturated/α-hetero) is 1. The van der Waals surface area contributed by atoms with Crippen LogP contribution in [0.3, 0.4) is 0 Å². The minimum atomic E-state index is -0.691. The summed E-state index contributed by atoms with van der Waals surface area (Å²) in [6.07, 6.45) is 6.18. The van der Waals surface area contributed by atoms with Crippen molar-refractivity contribution < 1.29 is 18.7 Å². The molecule has 0 radical (unpaired) electrons. The number of rotatable bonds is 5. The van der Waals surface area contributed by atoms with E-state index < -0.39 is 12.1 Å². The summed E-state index contributed by atoms with van der Waals surface area (Å²) in [5, 5.41) is 0. The molecular weight excluding hydrogens is 319 g/mol. The normalized spacial score (nSPS) is 33.9. The van der Waals surface area contributed by atoms with Gasteiger partial charge in [-0.15, -0.1) is 0 Å². The van der Waals surface area contributed by atoms with E-state index in [1.165, 1.54) is 31.4 Å². The topological polar surface area (TPSA) is 43.4 Å². The summed E-state index contributed by atoms with van der Waals surface area (Å²) in [4.78, 5) is 25.3. The van der Waals surface area contributed by atoms with Crippen LogP contribution in [0.4, 0.5) is 4.39 Å². The van der Waals surface area contributed by atoms with Crippen molar-refractivity contribution in [2.24, 2.45) is 23.2 Å². The molecule has 0 unspecified atom stereocenters. The van der Waals surface area contributed by atoms with Crippen LogP contribution >= 0.6 is 0 Å². The van der Waals surface area contributed by atoms with Crippen LogP contribution < -0.4 is 0 Å². The number of carbonyl (C=O) groups is 2. The second-order valence-electron chi connectivity index (χ2n) is 8.50. The summed E-state index contributed by atoms with van der Waals surface area (Å²) in [5.74, 6) is 1.45. The number of hydrogen-bond acceptors (Lipinski definition) is 3. The fourth-order valence-corrected chi connectivity index (χ4v) is 5.90. The molecule has 4 aliphatic rings. The second kappa shape index (κ2) is 6.22. The standard InChI is InChI=1S/C21H25FO3/c1-13(25-19(23)9-14-2-4-18(22)5-3-14)20(24)21-10-15-6-16(11-21)8-17(7-15)12-21/h2-5,13,15-17H,6-12H2,1H3/t13-,15?,16?,17?,21?/m0/s1. The van der Waals surface area contributed by atoms with E-state index in [9.17, 15) is 14.0 Å². The van der Waals surface area contributed by atoms with E-state index in [0.29, 0.717) is 23.3 Å². The Bertz CT molecular complexity index is 644. The number of ether oxygens (including phenoxy) is 1. The molecule has 4 fully saturated rings. The molecule has 4 heteroatoms. The molecule has 134 valence electrons. The molecule has 4 bridgehead atoms. The molecule has 0 N–H and O–H groups in total. The average molecular weight is 344 g/mol. The van der Waals surface area contributed by atoms with Gasteiger partial charge in [0.2, 0.25) is 0 Å². The molecule has 1 aromatic rings. The van der Waals surface area contributed by atoms with Crippen LogP contribution in [0.15, 0.2) is 24.3 Å². The van der Waals surface area contributed by atoms with Crippen molar-refractivity contribution in [1.82, 2.24) is 0 Å². The lowest BCUT2D eigenvalue weighted by atomic mass is 9.48. The molecule has 3 nitrogen and oxygen atoms in total. The molecule has 25 heavy (non-hydrogen) atoms. The maximum absolute atomic E-state index is 13.1. The number of halogens is 1. The quantitative estimate of drug-likeness (QED) is 0.756. The van der Waals surface area contributed by atoms with Crippen molar-refractivity contribution in [3.63, 3.8) is 0 Å². The van der Waals surface area contributed by atoms with Crippen LogP contribution in [0.1, 0.15) is 51.0 Å². The third-order valence-electron chi connectivity index (χ3n) is 6.50. The summed E-state index contributed by atoms with van der Waals surface area (Å²) < 4.78 is 18.4. The monoisotopic (exact) mass is 344 g/mol. The van der Waals surface area contributed by atoms with Crippen LogP contribution in [0, 0.1) is 29.0 Å². The van der Waals surface area contributed by atoms with Gasteiger partial charge in [0.05, 0.1) is 6.42 Å². The van der Waals surface area contributed by atoms with Gasteiger partial charge < -0.3 is 4.74 Å². The lowest BCUT2D eigenvalue weighted by Gasteiger charge is -2.56. The van der Waals surface area contributed by atoms with Gasteiger partial charge >= 0.3 is 5.97 Å². The second-order valence-corrected chi connectivity index (χ2v) is 8.50. The first-order chi connectivity index (χ1) is 11.9. The zero-order valence-corrected chi connectivity index (χ0v) is 14.7. The van der Waals surface area contributed by atoms with Gasteiger partial charge in [0.25, 0.3) is 0 Å². The van der Waals surface area contributed by atoms with Crippen molar-refractivity contribution in [2.75, 3.05) is 0 Å². The van der Waals surface area contributed by atoms with Crippen molar-refractivity contribution in [3.8, 4) is 0 Å². The van der Waals surface area contributed by atoms with Gasteiger partial charge in [-0.25, -0.2) is 4.39 Å². The summed E-state index contributed by atoms with van der Waals surface area (Å²) in [6.45, 7) is 1.71. The molecule has 0 aromatic heterocycles. The van der Waals surface area contributed by atoms with Gasteiger partial charge in [-0.2, -0.15) is 0 Å². The lowest BCUT2D eigenvalue weighted by Crippen LogP contribution is -2.52. The largest absolute Gasteiger partial charge is 0.454 e. The van der Waals surface area contributed by atoms with E-state index >= 15 is 0 Å². The van der Waals surface area contributed by atoms with E-state index in [-0.39, 0.29) is 23.4 Å². The van der Waals surface area contributed by atoms with E-state index in [0.717, 1.165) is 19.3 Å². The minimum absolute atomic E-state index is 0.0682. The summed E-state index contributed by atoms with van der Waals surface area (Å²) in [5.41, 5.74) is 0.450. The first kappa shape index (κ1) is 16.7. The zero-order valence-electron chi connectivity index (χ0n) is 14.7. The van der Waals surface area contributed by atoms with Crippen LogP contribution in [0.5, 0.6) is 0 Å². The predicted octanol–water partition coefficient (Wildman–Crippen LogP) is 4.09. The minimum Gasteiger partial charge on any atom is -0.454 e. The van der Waals surface area contributed by atoms with Crippen molar-refractivity contribution in [3.05, 3.63) is 35.6 Å². The molecule has 1 atom stereocenters. The SMILES string of the molecule is C[C@H](OC(=O)Cc1ccc(F)cc1)C(=O)C12CC3CC(CC(C3)C1)C2. The third kappa shape index (κ3) is 3.23. The van der Waals surface area contributed by atoms with E-state index in [1.54, 1.807) is 19.1 Å². The highest BCUT2D eigenvalue weighted by Crippen LogP contribution is 2.60. The Balaban J connectivity index is 1.39. The van der Waals surface area contributed by atoms with E-state index in [1.807, 2.05) is 0 Å². The van der Waals surface area contributed by atoms with Gasteiger partial charge in [0.1, 0.15) is 5.82 Å². The Kier molecular flexibility index (Phi) is 4.17. The Morgan fingerprint density at radius 3 is 2.12 bits per heavy atom. The molecule has 0 saturated heterocycles. The van der Waals surface area contributed by atoms with E-state index in [2.05, 4.69) is 0 Å². The summed E-state index contributed by atoms with van der Waals surface area (Å²) >= 11 is 0. The van der Waals surface area contributed by atoms with Crippen molar-refractivity contribution >= 4 is 11.8 Å². The number of hydrogen-bond donors (Lipinski definition) is 0. The average Bonchev–Trinajstić information content (AvgIpc) is 2.55. The zero-order chi connectivity index (χ0) is 17.6. The molecule has 0 aliphatic heterocycles. The highest BCUT2D eigenvalue weighted by atomic mass is 19.1. The molecule has 4 aliphatic carbocycles. The van der Waals surface area contributed by atoms with Crippen LogP contribution in [0.2, 0.25) is 0 Å². The van der Waals surface area contributed by atoms with Gasteiger partial charge in [-0.3, -0.25) is 9.59 Å². The predicted molar refractivity (Wildman–Crippen MR) is 91.3 cm³/mol. The maximum atomic E-state index is 13.1. The first-order valence-corrected chi connectivity index (χ1v) is 9.42. The van der Waals surface area contributed by atoms with Gasteiger partial charge in [0.15, 0.2) is 11.9 Å². The van der Waals surface area contributed by atoms with Gasteiger partial charge in [0, 0.05) is 5.41 Å². The van der Waals surface area contributed by atoms with Gasteiger partial charge in [-0.05, 0) is 80.9 Å². The lowest BCUT2D eigenvalue weighted by molar-refractivity contribution is -0.164. The highest BCUT2D eigenvalue weighted by molar-refractivity contribution is 5.91. The van der Waals surface area contributed by atoms with Crippen LogP contribution in [-0.2, 0) is 20.7 Å². The Hall–Kier alpha value is -1.71. The summed E-state index contributed by atoms with van der Waals surface area (Å²) in [7, 11) is 0. The molecule has 4 saturated carbocycles. The summed E-state index contributed by atoms with van der Waals surface area (Å²) in [6, 6.07) is 5.80. The van der Waals surface area contributed by atoms with Crippen LogP contribution in [0.25, 0.3) is 0 Å². The van der Waals surface area contributed by atoms with E-state index in [4.69, 9.17) is 4.74 Å². The molecule has 5 rings (SSSR count). The fourth-order valence-electron chi connectivity index (χ4n) is 5.90. The number of benzene rings is 1. The smallest absolute Gasteiger partial charge is 0.310 e. The molecule has 0 heterocycles. The first-order valence-electron chi connectivity index (χ1n) is 9.42. The Labute approximate surface area is 147 Å². The Morgan fingerprint density at radius 1 is 1.08 bits per heavy atom. The number of carbonyl (C=O) groups excluding carboxylic acids is 2. The van der Waals surface area contributed by atoms with Crippen molar-refractivity contribution in [1.29, 1.82) is 0 Å². The molecule has 1 aromatic carbocycles. The number of esters is 1. The fraction of sp³-hybridized carbons (Fsp3) is 0.619. The van der Waals surface area contributed by atoms with Crippen LogP contribution in [-0.4, -0.2) is 17.9 Å². The number of ketones is 1. The molecule has 0 spiro atoms. The molecule has 0 amide bonds. The van der Waals surface area contributed by atoms with Gasteiger partial charge in [-0.1, -0.05) is 12.1 Å².